The van der Waals surface area contributed by atoms with Crippen molar-refractivity contribution in [3.8, 4) is 0 Å². The lowest BCUT2D eigenvalue weighted by atomic mass is 10.1. The average molecular weight is 352 g/mol. The predicted molar refractivity (Wildman–Crippen MR) is 73.4 cm³/mol. The van der Waals surface area contributed by atoms with Crippen molar-refractivity contribution in [2.75, 3.05) is 19.6 Å². The van der Waals surface area contributed by atoms with Gasteiger partial charge in [0, 0.05) is 6.20 Å². The molecule has 23 heavy (non-hydrogen) atoms. The van der Waals surface area contributed by atoms with Crippen molar-refractivity contribution in [3.05, 3.63) is 29.0 Å². The Morgan fingerprint density at radius 3 is 2.70 bits per heavy atom. The maximum Gasteiger partial charge on any atom is 0.493 e. The van der Waals surface area contributed by atoms with Gasteiger partial charge in [-0.3, -0.25) is 4.79 Å². The normalized spacial score (nSPS) is 17.8. The maximum absolute atomic E-state index is 12.4. The molecule has 1 saturated heterocycles. The Morgan fingerprint density at radius 1 is 1.43 bits per heavy atom. The van der Waals surface area contributed by atoms with Crippen LogP contribution in [-0.2, 0) is 9.63 Å². The number of hydrogen-bond acceptors (Lipinski definition) is 5. The van der Waals surface area contributed by atoms with Crippen molar-refractivity contribution in [2.24, 2.45) is 5.92 Å². The van der Waals surface area contributed by atoms with Gasteiger partial charge in [-0.2, -0.15) is 18.2 Å². The van der Waals surface area contributed by atoms with Gasteiger partial charge in [0.15, 0.2) is 0 Å². The molecule has 1 atom stereocenters. The molecule has 1 aliphatic heterocycles. The van der Waals surface area contributed by atoms with Crippen LogP contribution in [0.3, 0.4) is 0 Å². The summed E-state index contributed by atoms with van der Waals surface area (Å²) in [5.41, 5.74) is -0.0321. The third-order valence-corrected chi connectivity index (χ3v) is 3.44. The SMILES string of the molecule is O=C(c1ccc(Cl)nc1)N(C[C@H]1CCNC1)OC(=O)C(F)(F)F. The van der Waals surface area contributed by atoms with Crippen LogP contribution in [0.15, 0.2) is 18.3 Å². The van der Waals surface area contributed by atoms with Gasteiger partial charge < -0.3 is 10.2 Å². The number of pyridine rings is 1. The lowest BCUT2D eigenvalue weighted by Crippen LogP contribution is -2.41. The molecule has 0 unspecified atom stereocenters. The van der Waals surface area contributed by atoms with Crippen LogP contribution >= 0.6 is 11.6 Å². The van der Waals surface area contributed by atoms with Gasteiger partial charge in [-0.25, -0.2) is 9.78 Å². The van der Waals surface area contributed by atoms with Gasteiger partial charge in [-0.15, -0.1) is 0 Å². The number of amides is 1. The molecule has 2 heterocycles. The molecule has 0 aliphatic carbocycles. The number of hydroxylamine groups is 2. The highest BCUT2D eigenvalue weighted by Crippen LogP contribution is 2.20. The van der Waals surface area contributed by atoms with Gasteiger partial charge >= 0.3 is 12.1 Å². The molecule has 10 heteroatoms. The molecular formula is C13H13ClF3N3O3. The summed E-state index contributed by atoms with van der Waals surface area (Å²) in [4.78, 5) is 31.3. The number of alkyl halides is 3. The van der Waals surface area contributed by atoms with Gasteiger partial charge in [0.2, 0.25) is 0 Å². The first-order valence-corrected chi connectivity index (χ1v) is 7.08. The van der Waals surface area contributed by atoms with Crippen LogP contribution in [0.1, 0.15) is 16.8 Å². The van der Waals surface area contributed by atoms with Crippen molar-refractivity contribution in [1.29, 1.82) is 0 Å². The molecule has 2 rings (SSSR count). The molecule has 0 bridgehead atoms. The van der Waals surface area contributed by atoms with Gasteiger partial charge in [-0.05, 0) is 37.6 Å². The van der Waals surface area contributed by atoms with Crippen molar-refractivity contribution >= 4 is 23.5 Å². The van der Waals surface area contributed by atoms with Crippen LogP contribution in [0.4, 0.5) is 13.2 Å². The van der Waals surface area contributed by atoms with Crippen LogP contribution in [0.25, 0.3) is 0 Å². The second-order valence-electron chi connectivity index (χ2n) is 4.97. The second kappa shape index (κ2) is 7.14. The van der Waals surface area contributed by atoms with E-state index in [0.717, 1.165) is 6.20 Å². The smallest absolute Gasteiger partial charge is 0.329 e. The number of aromatic nitrogens is 1. The molecular weight excluding hydrogens is 339 g/mol. The zero-order chi connectivity index (χ0) is 17.0. The Morgan fingerprint density at radius 2 is 2.17 bits per heavy atom. The van der Waals surface area contributed by atoms with Crippen molar-refractivity contribution in [1.82, 2.24) is 15.4 Å². The molecule has 6 nitrogen and oxygen atoms in total. The highest BCUT2D eigenvalue weighted by atomic mass is 35.5. The van der Waals surface area contributed by atoms with Crippen molar-refractivity contribution in [2.45, 2.75) is 12.6 Å². The van der Waals surface area contributed by atoms with Gasteiger partial charge in [-0.1, -0.05) is 11.6 Å². The highest BCUT2D eigenvalue weighted by Gasteiger charge is 2.43. The van der Waals surface area contributed by atoms with Crippen LogP contribution in [0, 0.1) is 5.92 Å². The average Bonchev–Trinajstić information content (AvgIpc) is 2.98. The van der Waals surface area contributed by atoms with E-state index in [0.29, 0.717) is 24.6 Å². The van der Waals surface area contributed by atoms with Gasteiger partial charge in [0.05, 0.1) is 12.1 Å². The van der Waals surface area contributed by atoms with E-state index in [9.17, 15) is 22.8 Å². The number of nitrogens with one attached hydrogen (secondary N) is 1. The van der Waals surface area contributed by atoms with Crippen LogP contribution in [0.2, 0.25) is 5.15 Å². The maximum atomic E-state index is 12.4. The van der Waals surface area contributed by atoms with Crippen molar-refractivity contribution in [3.63, 3.8) is 0 Å². The fourth-order valence-electron chi connectivity index (χ4n) is 2.06. The molecule has 1 fully saturated rings. The number of carbonyl (C=O) groups excluding carboxylic acids is 2. The first-order chi connectivity index (χ1) is 10.8. The van der Waals surface area contributed by atoms with E-state index in [2.05, 4.69) is 15.1 Å². The predicted octanol–water partition coefficient (Wildman–Crippen LogP) is 1.81. The van der Waals surface area contributed by atoms with E-state index in [1.165, 1.54) is 12.1 Å². The summed E-state index contributed by atoms with van der Waals surface area (Å²) in [6.45, 7) is 1.06. The fourth-order valence-corrected chi connectivity index (χ4v) is 2.18. The minimum atomic E-state index is -5.19. The third kappa shape index (κ3) is 4.80. The standard InChI is InChI=1S/C13H13ClF3N3O3/c14-10-2-1-9(6-19-10)11(21)20(7-8-3-4-18-5-8)23-12(22)13(15,16)17/h1-2,6,8,18H,3-5,7H2/t8-/m0/s1. The summed E-state index contributed by atoms with van der Waals surface area (Å²) in [5.74, 6) is -3.45. The Kier molecular flexibility index (Phi) is 5.42. The first-order valence-electron chi connectivity index (χ1n) is 6.70. The lowest BCUT2D eigenvalue weighted by Gasteiger charge is -2.24. The summed E-state index contributed by atoms with van der Waals surface area (Å²) < 4.78 is 37.2. The highest BCUT2D eigenvalue weighted by molar-refractivity contribution is 6.29. The Hall–Kier alpha value is -1.87. The monoisotopic (exact) mass is 351 g/mol. The van der Waals surface area contributed by atoms with E-state index in [1.807, 2.05) is 0 Å². The molecule has 0 aromatic carbocycles. The molecule has 1 aliphatic rings. The number of hydrogen-bond donors (Lipinski definition) is 1. The van der Waals surface area contributed by atoms with Gasteiger partial charge in [0.25, 0.3) is 5.91 Å². The zero-order valence-electron chi connectivity index (χ0n) is 11.8. The van der Waals surface area contributed by atoms with Crippen LogP contribution in [0.5, 0.6) is 0 Å². The number of rotatable bonds is 3. The van der Waals surface area contributed by atoms with Crippen molar-refractivity contribution < 1.29 is 27.6 Å². The van der Waals surface area contributed by atoms with E-state index >= 15 is 0 Å². The van der Waals surface area contributed by atoms with E-state index in [4.69, 9.17) is 11.6 Å². The molecule has 126 valence electrons. The number of carbonyl (C=O) groups is 2. The molecule has 0 saturated carbocycles. The molecule has 0 spiro atoms. The minimum Gasteiger partial charge on any atom is -0.329 e. The molecule has 1 N–H and O–H groups in total. The van der Waals surface area contributed by atoms with Gasteiger partial charge in [0.1, 0.15) is 5.15 Å². The first kappa shape index (κ1) is 17.5. The second-order valence-corrected chi connectivity index (χ2v) is 5.36. The number of nitrogens with zero attached hydrogens (tertiary/aromatic N) is 2. The lowest BCUT2D eigenvalue weighted by molar-refractivity contribution is -0.229. The Balaban J connectivity index is 2.15. The third-order valence-electron chi connectivity index (χ3n) is 3.21. The Bertz CT molecular complexity index is 574. The summed E-state index contributed by atoms with van der Waals surface area (Å²) >= 11 is 5.60. The quantitative estimate of drug-likeness (QED) is 0.664. The van der Waals surface area contributed by atoms with E-state index in [1.54, 1.807) is 0 Å². The van der Waals surface area contributed by atoms with Crippen LogP contribution in [-0.4, -0.2) is 47.7 Å². The molecule has 1 aromatic heterocycles. The van der Waals surface area contributed by atoms with E-state index < -0.39 is 18.1 Å². The topological polar surface area (TPSA) is 71.5 Å². The molecule has 1 aromatic rings. The fraction of sp³-hybridized carbons (Fsp3) is 0.462. The van der Waals surface area contributed by atoms with E-state index in [-0.39, 0.29) is 23.2 Å². The summed E-state index contributed by atoms with van der Waals surface area (Å²) in [6, 6.07) is 2.61. The summed E-state index contributed by atoms with van der Waals surface area (Å²) in [6.07, 6.45) is -3.43. The molecule has 0 radical (unpaired) electrons. The minimum absolute atomic E-state index is 0.0321. The van der Waals surface area contributed by atoms with Crippen LogP contribution < -0.4 is 5.32 Å². The summed E-state index contributed by atoms with van der Waals surface area (Å²) in [5, 5.41) is 3.57. The number of halogens is 4. The Labute approximate surface area is 134 Å². The largest absolute Gasteiger partial charge is 0.493 e. The zero-order valence-corrected chi connectivity index (χ0v) is 12.5. The summed E-state index contributed by atoms with van der Waals surface area (Å²) in [7, 11) is 0. The molecule has 1 amide bonds.